The molecule has 42 heavy (non-hydrogen) atoms. The first kappa shape index (κ1) is 30.9. The van der Waals surface area contributed by atoms with Crippen LogP contribution in [0.5, 0.6) is 0 Å². The fourth-order valence-electron chi connectivity index (χ4n) is 6.41. The average Bonchev–Trinajstić information content (AvgIpc) is 3.64. The van der Waals surface area contributed by atoms with E-state index in [4.69, 9.17) is 0 Å². The summed E-state index contributed by atoms with van der Waals surface area (Å²) in [5.41, 5.74) is 0.528. The largest absolute Gasteiger partial charge is 0.465 e. The van der Waals surface area contributed by atoms with Crippen molar-refractivity contribution in [2.75, 3.05) is 13.1 Å². The number of nitrogens with one attached hydrogen (secondary N) is 4. The van der Waals surface area contributed by atoms with Gasteiger partial charge >= 0.3 is 6.09 Å². The van der Waals surface area contributed by atoms with Crippen molar-refractivity contribution in [1.29, 1.82) is 0 Å². The molecule has 1 aromatic carbocycles. The normalized spacial score (nSPS) is 24.5. The van der Waals surface area contributed by atoms with Crippen LogP contribution in [0.3, 0.4) is 0 Å². The number of hydrogen-bond acceptors (Lipinski definition) is 6. The summed E-state index contributed by atoms with van der Waals surface area (Å²) in [7, 11) is 0. The molecule has 2 saturated heterocycles. The Hall–Kier alpha value is -4.03. The maximum Gasteiger partial charge on any atom is 0.405 e. The van der Waals surface area contributed by atoms with Crippen LogP contribution < -0.4 is 21.3 Å². The van der Waals surface area contributed by atoms with Gasteiger partial charge in [0.2, 0.25) is 23.5 Å². The molecule has 1 aliphatic carbocycles. The summed E-state index contributed by atoms with van der Waals surface area (Å²) in [6.07, 6.45) is 1.22. The monoisotopic (exact) mass is 587 g/mol. The first-order valence-electron chi connectivity index (χ1n) is 14.4. The van der Waals surface area contributed by atoms with Gasteiger partial charge in [0.05, 0.1) is 6.04 Å². The van der Waals surface area contributed by atoms with E-state index in [0.29, 0.717) is 24.9 Å². The van der Waals surface area contributed by atoms with Crippen molar-refractivity contribution < 1.29 is 38.3 Å². The first-order chi connectivity index (χ1) is 19.9. The zero-order valence-electron chi connectivity index (χ0n) is 23.7. The summed E-state index contributed by atoms with van der Waals surface area (Å²) in [5, 5.41) is 19.6. The lowest BCUT2D eigenvalue weighted by Gasteiger charge is -2.31. The number of fused-ring (bicyclic) bond motifs is 1. The molecule has 1 saturated carbocycles. The van der Waals surface area contributed by atoms with Gasteiger partial charge in [0, 0.05) is 31.5 Å². The third-order valence-corrected chi connectivity index (χ3v) is 8.35. The third-order valence-electron chi connectivity index (χ3n) is 8.35. The Bertz CT molecular complexity index is 1220. The van der Waals surface area contributed by atoms with E-state index < -0.39 is 59.5 Å². The van der Waals surface area contributed by atoms with Crippen molar-refractivity contribution in [2.24, 2.45) is 17.8 Å². The Labute approximate surface area is 243 Å². The maximum absolute atomic E-state index is 13.9. The Balaban J connectivity index is 1.58. The molecule has 12 nitrogen and oxygen atoms in total. The highest BCUT2D eigenvalue weighted by atomic mass is 19.1. The predicted molar refractivity (Wildman–Crippen MR) is 147 cm³/mol. The first-order valence-corrected chi connectivity index (χ1v) is 14.4. The summed E-state index contributed by atoms with van der Waals surface area (Å²) in [6.45, 7) is 4.05. The summed E-state index contributed by atoms with van der Waals surface area (Å²) in [4.78, 5) is 78.8. The van der Waals surface area contributed by atoms with Gasteiger partial charge in [-0.25, -0.2) is 9.18 Å². The lowest BCUT2D eigenvalue weighted by atomic mass is 9.91. The minimum Gasteiger partial charge on any atom is -0.465 e. The van der Waals surface area contributed by atoms with E-state index in [1.807, 2.05) is 0 Å². The number of ketones is 1. The standard InChI is InChI=1S/C29H38FN5O7/c1-15(2)32-27(39)24(36)21(13-17-10-11-31-25(17)37)33-26(38)23-20-5-3-4-18(20)14-35(23)28(40)22(34-29(41)42)12-16-6-8-19(30)9-7-16/h6-9,15,17-18,20-23,34H,3-5,10-14H2,1-2H3,(H,31,37)(H,32,39)(H,33,38)(H,41,42)/t17-,18-,20-,21?,22?,23-/m0/s1. The number of Topliss-reactive ketones (excluding diaryl/α,β-unsaturated/α-hetero) is 1. The molecule has 0 bridgehead atoms. The van der Waals surface area contributed by atoms with E-state index in [-0.39, 0.29) is 43.2 Å². The van der Waals surface area contributed by atoms with Crippen molar-refractivity contribution in [3.05, 3.63) is 35.6 Å². The lowest BCUT2D eigenvalue weighted by Crippen LogP contribution is -2.58. The second kappa shape index (κ2) is 13.3. The van der Waals surface area contributed by atoms with E-state index >= 15 is 0 Å². The zero-order chi connectivity index (χ0) is 30.6. The second-order valence-electron chi connectivity index (χ2n) is 11.7. The van der Waals surface area contributed by atoms with E-state index in [0.717, 1.165) is 12.8 Å². The molecule has 13 heteroatoms. The molecule has 228 valence electrons. The second-order valence-corrected chi connectivity index (χ2v) is 11.7. The Morgan fingerprint density at radius 2 is 1.74 bits per heavy atom. The summed E-state index contributed by atoms with van der Waals surface area (Å²) in [6, 6.07) is 1.51. The van der Waals surface area contributed by atoms with Gasteiger partial charge in [0.25, 0.3) is 5.91 Å². The molecular formula is C29H38FN5O7. The number of halogens is 1. The highest BCUT2D eigenvalue weighted by Gasteiger charge is 2.51. The van der Waals surface area contributed by atoms with Crippen LogP contribution in [0.25, 0.3) is 0 Å². The number of nitrogens with zero attached hydrogens (tertiary/aromatic N) is 1. The topological polar surface area (TPSA) is 174 Å². The van der Waals surface area contributed by atoms with Crippen molar-refractivity contribution in [1.82, 2.24) is 26.2 Å². The Kier molecular flexibility index (Phi) is 9.79. The molecular weight excluding hydrogens is 549 g/mol. The molecule has 2 unspecified atom stereocenters. The van der Waals surface area contributed by atoms with Gasteiger partial charge < -0.3 is 31.3 Å². The van der Waals surface area contributed by atoms with Crippen molar-refractivity contribution in [3.63, 3.8) is 0 Å². The molecule has 6 atom stereocenters. The number of hydrogen-bond donors (Lipinski definition) is 5. The molecule has 3 aliphatic rings. The quantitative estimate of drug-likeness (QED) is 0.237. The number of carboxylic acid groups (broad SMARTS) is 1. The molecule has 4 rings (SSSR count). The fraction of sp³-hybridized carbons (Fsp3) is 0.586. The highest BCUT2D eigenvalue weighted by molar-refractivity contribution is 6.38. The number of carbonyl (C=O) groups excluding carboxylic acids is 5. The lowest BCUT2D eigenvalue weighted by molar-refractivity contribution is -0.144. The van der Waals surface area contributed by atoms with Crippen LogP contribution in [0.1, 0.15) is 51.5 Å². The van der Waals surface area contributed by atoms with Crippen LogP contribution in [0.15, 0.2) is 24.3 Å². The summed E-state index contributed by atoms with van der Waals surface area (Å²) < 4.78 is 13.4. The maximum atomic E-state index is 13.9. The van der Waals surface area contributed by atoms with Crippen LogP contribution in [-0.2, 0) is 30.4 Å². The van der Waals surface area contributed by atoms with Crippen molar-refractivity contribution in [2.45, 2.75) is 76.5 Å². The minimum atomic E-state index is -1.42. The van der Waals surface area contributed by atoms with Crippen molar-refractivity contribution in [3.8, 4) is 0 Å². The number of carbonyl (C=O) groups is 6. The SMILES string of the molecule is CC(C)NC(=O)C(=O)C(C[C@@H]1CCNC1=O)NC(=O)[C@@H]1[C@H]2CCC[C@H]2CN1C(=O)C(Cc1ccc(F)cc1)NC(=O)O. The van der Waals surface area contributed by atoms with Crippen LogP contribution >= 0.6 is 0 Å². The van der Waals surface area contributed by atoms with Crippen LogP contribution in [0.2, 0.25) is 0 Å². The number of rotatable bonds is 11. The Morgan fingerprint density at radius 3 is 2.36 bits per heavy atom. The van der Waals surface area contributed by atoms with E-state index in [9.17, 15) is 38.3 Å². The number of benzene rings is 1. The highest BCUT2D eigenvalue weighted by Crippen LogP contribution is 2.42. The summed E-state index contributed by atoms with van der Waals surface area (Å²) >= 11 is 0. The van der Waals surface area contributed by atoms with Crippen LogP contribution in [-0.4, -0.2) is 82.8 Å². The predicted octanol–water partition coefficient (Wildman–Crippen LogP) is 0.736. The molecule has 0 aromatic heterocycles. The third kappa shape index (κ3) is 7.24. The van der Waals surface area contributed by atoms with Gasteiger partial charge in [0.1, 0.15) is 17.9 Å². The molecule has 2 aliphatic heterocycles. The molecule has 0 radical (unpaired) electrons. The number of amides is 5. The van der Waals surface area contributed by atoms with E-state index in [1.165, 1.54) is 29.2 Å². The Morgan fingerprint density at radius 1 is 1.02 bits per heavy atom. The van der Waals surface area contributed by atoms with Gasteiger partial charge in [-0.2, -0.15) is 0 Å². The molecule has 0 spiro atoms. The molecule has 3 fully saturated rings. The van der Waals surface area contributed by atoms with Gasteiger partial charge in [-0.15, -0.1) is 0 Å². The van der Waals surface area contributed by atoms with Gasteiger partial charge in [-0.1, -0.05) is 18.6 Å². The summed E-state index contributed by atoms with van der Waals surface area (Å²) in [5.74, 6) is -4.48. The van der Waals surface area contributed by atoms with E-state index in [1.54, 1.807) is 13.8 Å². The number of likely N-dealkylation sites (tertiary alicyclic amines) is 1. The smallest absolute Gasteiger partial charge is 0.405 e. The fourth-order valence-corrected chi connectivity index (χ4v) is 6.41. The average molecular weight is 588 g/mol. The minimum absolute atomic E-state index is 0.0139. The molecule has 2 heterocycles. The zero-order valence-corrected chi connectivity index (χ0v) is 23.7. The van der Waals surface area contributed by atoms with Crippen LogP contribution in [0, 0.1) is 23.6 Å². The van der Waals surface area contributed by atoms with Crippen molar-refractivity contribution >= 4 is 35.5 Å². The van der Waals surface area contributed by atoms with E-state index in [2.05, 4.69) is 21.3 Å². The van der Waals surface area contributed by atoms with Crippen LogP contribution in [0.4, 0.5) is 9.18 Å². The molecule has 5 amide bonds. The van der Waals surface area contributed by atoms with Gasteiger partial charge in [0.15, 0.2) is 0 Å². The molecule has 1 aromatic rings. The van der Waals surface area contributed by atoms with Gasteiger partial charge in [-0.05, 0) is 69.1 Å². The molecule has 5 N–H and O–H groups in total. The van der Waals surface area contributed by atoms with Gasteiger partial charge in [-0.3, -0.25) is 24.0 Å².